The molecular weight excluding hydrogens is 297 g/mol. The van der Waals surface area contributed by atoms with Crippen LogP contribution in [0.2, 0.25) is 5.15 Å². The fourth-order valence-corrected chi connectivity index (χ4v) is 2.26. The zero-order valence-electron chi connectivity index (χ0n) is 11.5. The zero-order valence-corrected chi connectivity index (χ0v) is 12.2. The van der Waals surface area contributed by atoms with E-state index < -0.39 is 4.92 Å². The van der Waals surface area contributed by atoms with Crippen LogP contribution in [0.15, 0.2) is 24.3 Å². The molecule has 5 nitrogen and oxygen atoms in total. The van der Waals surface area contributed by atoms with Crippen LogP contribution in [0.1, 0.15) is 16.8 Å². The van der Waals surface area contributed by atoms with Gasteiger partial charge in [-0.05, 0) is 37.1 Å². The Labute approximate surface area is 125 Å². The maximum absolute atomic E-state index is 13.2. The quantitative estimate of drug-likeness (QED) is 0.526. The van der Waals surface area contributed by atoms with Gasteiger partial charge in [0.15, 0.2) is 0 Å². The number of anilines is 1. The van der Waals surface area contributed by atoms with Crippen LogP contribution in [0.5, 0.6) is 0 Å². The molecule has 0 radical (unpaired) electrons. The van der Waals surface area contributed by atoms with Crippen LogP contribution < -0.4 is 5.32 Å². The maximum Gasteiger partial charge on any atom is 0.329 e. The molecule has 0 amide bonds. The highest BCUT2D eigenvalue weighted by Gasteiger charge is 2.20. The van der Waals surface area contributed by atoms with Crippen molar-refractivity contribution in [1.29, 1.82) is 0 Å². The maximum atomic E-state index is 13.2. The Morgan fingerprint density at radius 1 is 1.38 bits per heavy atom. The lowest BCUT2D eigenvalue weighted by Gasteiger charge is -2.09. The Balaban J connectivity index is 2.27. The number of hydrogen-bond donors (Lipinski definition) is 1. The Hall–Kier alpha value is -2.21. The molecule has 0 aliphatic rings. The van der Waals surface area contributed by atoms with Gasteiger partial charge < -0.3 is 5.32 Å². The number of nitro groups is 1. The molecule has 1 heterocycles. The molecule has 1 aromatic carbocycles. The van der Waals surface area contributed by atoms with Gasteiger partial charge in [0.05, 0.1) is 4.92 Å². The first-order valence-corrected chi connectivity index (χ1v) is 6.56. The topological polar surface area (TPSA) is 68.1 Å². The highest BCUT2D eigenvalue weighted by atomic mass is 35.5. The first-order valence-electron chi connectivity index (χ1n) is 6.19. The molecule has 1 N–H and O–H groups in total. The number of nitrogens with one attached hydrogen (secondary N) is 1. The average Bonchev–Trinajstić information content (AvgIpc) is 2.38. The molecular formula is C14H13ClFN3O2. The molecule has 0 saturated carbocycles. The van der Waals surface area contributed by atoms with Gasteiger partial charge in [0.2, 0.25) is 5.15 Å². The molecule has 0 spiro atoms. The number of pyridine rings is 1. The van der Waals surface area contributed by atoms with E-state index in [-0.39, 0.29) is 16.7 Å². The van der Waals surface area contributed by atoms with Crippen LogP contribution >= 0.6 is 11.6 Å². The first kappa shape index (κ1) is 15.2. The van der Waals surface area contributed by atoms with E-state index in [0.29, 0.717) is 23.5 Å². The van der Waals surface area contributed by atoms with E-state index in [1.54, 1.807) is 32.0 Å². The van der Waals surface area contributed by atoms with Gasteiger partial charge in [0.25, 0.3) is 0 Å². The molecule has 1 aromatic heterocycles. The molecule has 0 unspecified atom stereocenters. The summed E-state index contributed by atoms with van der Waals surface area (Å²) in [6.07, 6.45) is 0. The number of benzene rings is 1. The Bertz CT molecular complexity index is 707. The van der Waals surface area contributed by atoms with Crippen molar-refractivity contribution < 1.29 is 9.31 Å². The highest BCUT2D eigenvalue weighted by Crippen LogP contribution is 2.32. The SMILES string of the molecule is Cc1cc(NCc2ccc(F)c(C)c2)c([N+](=O)[O-])c(Cl)n1. The van der Waals surface area contributed by atoms with E-state index in [1.807, 2.05) is 0 Å². The smallest absolute Gasteiger partial charge is 0.329 e. The number of hydrogen-bond acceptors (Lipinski definition) is 4. The molecule has 0 aliphatic heterocycles. The van der Waals surface area contributed by atoms with Crippen LogP contribution in [-0.4, -0.2) is 9.91 Å². The van der Waals surface area contributed by atoms with Gasteiger partial charge in [0.1, 0.15) is 11.5 Å². The summed E-state index contributed by atoms with van der Waals surface area (Å²) < 4.78 is 13.2. The summed E-state index contributed by atoms with van der Waals surface area (Å²) in [5.41, 5.74) is 1.94. The van der Waals surface area contributed by atoms with E-state index in [4.69, 9.17) is 11.6 Å². The third-order valence-corrected chi connectivity index (χ3v) is 3.23. The van der Waals surface area contributed by atoms with Crippen molar-refractivity contribution in [2.45, 2.75) is 20.4 Å². The number of aryl methyl sites for hydroxylation is 2. The minimum Gasteiger partial charge on any atom is -0.375 e. The Kier molecular flexibility index (Phi) is 4.37. The zero-order chi connectivity index (χ0) is 15.6. The largest absolute Gasteiger partial charge is 0.375 e. The van der Waals surface area contributed by atoms with Gasteiger partial charge in [-0.15, -0.1) is 0 Å². The van der Waals surface area contributed by atoms with Crippen LogP contribution in [-0.2, 0) is 6.54 Å². The molecule has 0 aliphatic carbocycles. The Morgan fingerprint density at radius 3 is 2.71 bits per heavy atom. The summed E-state index contributed by atoms with van der Waals surface area (Å²) in [7, 11) is 0. The van der Waals surface area contributed by atoms with E-state index in [1.165, 1.54) is 6.07 Å². The van der Waals surface area contributed by atoms with Crippen molar-refractivity contribution in [3.05, 3.63) is 62.2 Å². The fourth-order valence-electron chi connectivity index (χ4n) is 1.95. The summed E-state index contributed by atoms with van der Waals surface area (Å²) >= 11 is 5.82. The monoisotopic (exact) mass is 309 g/mol. The number of aromatic nitrogens is 1. The molecule has 7 heteroatoms. The number of rotatable bonds is 4. The third kappa shape index (κ3) is 3.46. The second-order valence-corrected chi connectivity index (χ2v) is 5.00. The predicted molar refractivity (Wildman–Crippen MR) is 79.1 cm³/mol. The van der Waals surface area contributed by atoms with Crippen LogP contribution in [0, 0.1) is 29.8 Å². The summed E-state index contributed by atoms with van der Waals surface area (Å²) in [6, 6.07) is 6.23. The normalized spacial score (nSPS) is 10.5. The molecule has 0 saturated heterocycles. The minimum absolute atomic E-state index is 0.155. The Morgan fingerprint density at radius 2 is 2.10 bits per heavy atom. The van der Waals surface area contributed by atoms with Gasteiger partial charge in [-0.2, -0.15) is 0 Å². The molecule has 2 aromatic rings. The molecule has 21 heavy (non-hydrogen) atoms. The van der Waals surface area contributed by atoms with Gasteiger partial charge in [-0.3, -0.25) is 10.1 Å². The lowest BCUT2D eigenvalue weighted by Crippen LogP contribution is -2.05. The van der Waals surface area contributed by atoms with Crippen LogP contribution in [0.3, 0.4) is 0 Å². The summed E-state index contributed by atoms with van der Waals surface area (Å²) in [5.74, 6) is -0.285. The van der Waals surface area contributed by atoms with Crippen molar-refractivity contribution in [3.63, 3.8) is 0 Å². The lowest BCUT2D eigenvalue weighted by molar-refractivity contribution is -0.384. The van der Waals surface area contributed by atoms with Crippen molar-refractivity contribution in [1.82, 2.24) is 4.98 Å². The molecule has 0 fully saturated rings. The molecule has 0 bridgehead atoms. The van der Waals surface area contributed by atoms with Gasteiger partial charge in [-0.1, -0.05) is 23.7 Å². The van der Waals surface area contributed by atoms with E-state index >= 15 is 0 Å². The van der Waals surface area contributed by atoms with Gasteiger partial charge in [0, 0.05) is 12.2 Å². The predicted octanol–water partition coefficient (Wildman–Crippen LogP) is 4.01. The van der Waals surface area contributed by atoms with Crippen molar-refractivity contribution >= 4 is 23.0 Å². The van der Waals surface area contributed by atoms with Crippen molar-refractivity contribution in [2.75, 3.05) is 5.32 Å². The first-order chi connectivity index (χ1) is 9.88. The van der Waals surface area contributed by atoms with Gasteiger partial charge >= 0.3 is 5.69 Å². The standard InChI is InChI=1S/C14H13ClFN3O2/c1-8-5-10(3-4-11(8)16)7-17-12-6-9(2)18-14(15)13(12)19(20)21/h3-6H,7H2,1-2H3,(H,17,18). The summed E-state index contributed by atoms with van der Waals surface area (Å²) in [6.45, 7) is 3.68. The van der Waals surface area contributed by atoms with E-state index in [9.17, 15) is 14.5 Å². The lowest BCUT2D eigenvalue weighted by atomic mass is 10.1. The third-order valence-electron chi connectivity index (χ3n) is 2.97. The molecule has 110 valence electrons. The number of nitrogens with zero attached hydrogens (tertiary/aromatic N) is 2. The van der Waals surface area contributed by atoms with Crippen molar-refractivity contribution in [2.24, 2.45) is 0 Å². The minimum atomic E-state index is -0.576. The highest BCUT2D eigenvalue weighted by molar-refractivity contribution is 6.32. The van der Waals surface area contributed by atoms with E-state index in [0.717, 1.165) is 5.56 Å². The van der Waals surface area contributed by atoms with Crippen molar-refractivity contribution in [3.8, 4) is 0 Å². The van der Waals surface area contributed by atoms with E-state index in [2.05, 4.69) is 10.3 Å². The molecule has 0 atom stereocenters. The number of halogens is 2. The molecule has 2 rings (SSSR count). The van der Waals surface area contributed by atoms with Gasteiger partial charge in [-0.25, -0.2) is 9.37 Å². The fraction of sp³-hybridized carbons (Fsp3) is 0.214. The second kappa shape index (κ2) is 6.05. The summed E-state index contributed by atoms with van der Waals surface area (Å²) in [5, 5.41) is 13.9. The average molecular weight is 310 g/mol. The second-order valence-electron chi connectivity index (χ2n) is 4.64. The van der Waals surface area contributed by atoms with Crippen LogP contribution in [0.25, 0.3) is 0 Å². The summed E-state index contributed by atoms with van der Waals surface area (Å²) in [4.78, 5) is 14.3. The van der Waals surface area contributed by atoms with Crippen LogP contribution in [0.4, 0.5) is 15.8 Å².